The Morgan fingerprint density at radius 1 is 1.26 bits per heavy atom. The SMILES string of the molecule is CNC(CC(=O)OC)c1c(C)cc(OC)cc1OC. The number of aryl methyl sites for hydroxylation is 1. The van der Waals surface area contributed by atoms with Crippen LogP contribution in [0.15, 0.2) is 12.1 Å². The van der Waals surface area contributed by atoms with Gasteiger partial charge in [-0.2, -0.15) is 0 Å². The van der Waals surface area contributed by atoms with Crippen molar-refractivity contribution in [3.8, 4) is 11.5 Å². The zero-order valence-corrected chi connectivity index (χ0v) is 12.1. The maximum Gasteiger partial charge on any atom is 0.307 e. The zero-order valence-electron chi connectivity index (χ0n) is 12.1. The summed E-state index contributed by atoms with van der Waals surface area (Å²) < 4.78 is 15.3. The van der Waals surface area contributed by atoms with E-state index in [-0.39, 0.29) is 18.4 Å². The van der Waals surface area contributed by atoms with E-state index in [1.165, 1.54) is 7.11 Å². The topological polar surface area (TPSA) is 56.8 Å². The van der Waals surface area contributed by atoms with Crippen LogP contribution in [0, 0.1) is 6.92 Å². The highest BCUT2D eigenvalue weighted by molar-refractivity contribution is 5.70. The van der Waals surface area contributed by atoms with Crippen molar-refractivity contribution in [2.45, 2.75) is 19.4 Å². The molecule has 0 bridgehead atoms. The van der Waals surface area contributed by atoms with Crippen molar-refractivity contribution >= 4 is 5.97 Å². The first-order valence-electron chi connectivity index (χ1n) is 6.04. The number of hydrogen-bond donors (Lipinski definition) is 1. The normalized spacial score (nSPS) is 11.8. The zero-order chi connectivity index (χ0) is 14.4. The minimum atomic E-state index is -0.267. The number of ether oxygens (including phenoxy) is 3. The summed E-state index contributed by atoms with van der Waals surface area (Å²) >= 11 is 0. The molecule has 0 aliphatic heterocycles. The molecule has 0 saturated carbocycles. The fourth-order valence-corrected chi connectivity index (χ4v) is 2.07. The maximum atomic E-state index is 11.5. The first-order valence-corrected chi connectivity index (χ1v) is 6.04. The molecule has 0 amide bonds. The van der Waals surface area contributed by atoms with Crippen LogP contribution in [0.25, 0.3) is 0 Å². The summed E-state index contributed by atoms with van der Waals surface area (Å²) in [5.41, 5.74) is 1.94. The van der Waals surface area contributed by atoms with E-state index in [9.17, 15) is 4.79 Å². The third-order valence-corrected chi connectivity index (χ3v) is 3.07. The number of esters is 1. The lowest BCUT2D eigenvalue weighted by Gasteiger charge is -2.21. The predicted molar refractivity (Wildman–Crippen MR) is 72.7 cm³/mol. The third-order valence-electron chi connectivity index (χ3n) is 3.07. The number of carbonyl (C=O) groups excluding carboxylic acids is 1. The van der Waals surface area contributed by atoms with Crippen LogP contribution in [0.3, 0.4) is 0 Å². The Balaban J connectivity index is 3.18. The molecule has 1 rings (SSSR count). The smallest absolute Gasteiger partial charge is 0.307 e. The van der Waals surface area contributed by atoms with Gasteiger partial charge in [-0.05, 0) is 25.6 Å². The standard InChI is InChI=1S/C14H21NO4/c1-9-6-10(17-3)7-12(18-4)14(9)11(15-2)8-13(16)19-5/h6-7,11,15H,8H2,1-5H3. The van der Waals surface area contributed by atoms with E-state index in [2.05, 4.69) is 5.32 Å². The lowest BCUT2D eigenvalue weighted by molar-refractivity contribution is -0.141. The number of carbonyl (C=O) groups is 1. The number of benzene rings is 1. The Kier molecular flexibility index (Phi) is 5.63. The quantitative estimate of drug-likeness (QED) is 0.797. The Hall–Kier alpha value is -1.75. The summed E-state index contributed by atoms with van der Waals surface area (Å²) in [5.74, 6) is 1.16. The van der Waals surface area contributed by atoms with Crippen LogP contribution in [0.5, 0.6) is 11.5 Å². The summed E-state index contributed by atoms with van der Waals surface area (Å²) in [4.78, 5) is 11.5. The molecular formula is C14H21NO4. The van der Waals surface area contributed by atoms with Crippen molar-refractivity contribution in [1.29, 1.82) is 0 Å². The van der Waals surface area contributed by atoms with Crippen molar-refractivity contribution in [2.24, 2.45) is 0 Å². The van der Waals surface area contributed by atoms with Gasteiger partial charge in [0, 0.05) is 17.7 Å². The second kappa shape index (κ2) is 6.99. The molecule has 1 aromatic carbocycles. The van der Waals surface area contributed by atoms with E-state index in [4.69, 9.17) is 14.2 Å². The van der Waals surface area contributed by atoms with Crippen LogP contribution in [-0.4, -0.2) is 34.3 Å². The minimum Gasteiger partial charge on any atom is -0.497 e. The summed E-state index contributed by atoms with van der Waals surface area (Å²) in [6.07, 6.45) is 0.247. The molecule has 0 spiro atoms. The number of methoxy groups -OCH3 is 3. The van der Waals surface area contributed by atoms with Crippen molar-refractivity contribution in [2.75, 3.05) is 28.4 Å². The van der Waals surface area contributed by atoms with E-state index in [0.29, 0.717) is 5.75 Å². The van der Waals surface area contributed by atoms with Crippen LogP contribution in [0.4, 0.5) is 0 Å². The fraction of sp³-hybridized carbons (Fsp3) is 0.500. The van der Waals surface area contributed by atoms with Crippen LogP contribution in [-0.2, 0) is 9.53 Å². The molecule has 1 unspecified atom stereocenters. The van der Waals surface area contributed by atoms with Crippen molar-refractivity contribution in [3.05, 3.63) is 23.3 Å². The predicted octanol–water partition coefficient (Wildman–Crippen LogP) is 1.84. The van der Waals surface area contributed by atoms with E-state index >= 15 is 0 Å². The third kappa shape index (κ3) is 3.61. The molecule has 0 radical (unpaired) electrons. The average molecular weight is 267 g/mol. The highest BCUT2D eigenvalue weighted by atomic mass is 16.5. The van der Waals surface area contributed by atoms with Gasteiger partial charge in [-0.3, -0.25) is 4.79 Å². The average Bonchev–Trinajstić information content (AvgIpc) is 2.43. The first kappa shape index (κ1) is 15.3. The molecule has 1 N–H and O–H groups in total. The molecule has 0 saturated heterocycles. The molecule has 1 atom stereocenters. The Bertz CT molecular complexity index is 445. The second-order valence-electron chi connectivity index (χ2n) is 4.18. The van der Waals surface area contributed by atoms with Crippen molar-refractivity contribution < 1.29 is 19.0 Å². The van der Waals surface area contributed by atoms with Gasteiger partial charge in [-0.25, -0.2) is 0 Å². The molecule has 106 valence electrons. The Labute approximate surface area is 113 Å². The molecule has 0 heterocycles. The van der Waals surface area contributed by atoms with Gasteiger partial charge >= 0.3 is 5.97 Å². The maximum absolute atomic E-state index is 11.5. The molecule has 0 aromatic heterocycles. The number of hydrogen-bond acceptors (Lipinski definition) is 5. The van der Waals surface area contributed by atoms with Crippen LogP contribution in [0.2, 0.25) is 0 Å². The number of rotatable bonds is 6. The summed E-state index contributed by atoms with van der Waals surface area (Å²) in [6, 6.07) is 3.57. The summed E-state index contributed by atoms with van der Waals surface area (Å²) in [7, 11) is 6.39. The van der Waals surface area contributed by atoms with Crippen molar-refractivity contribution in [1.82, 2.24) is 5.32 Å². The monoisotopic (exact) mass is 267 g/mol. The molecular weight excluding hydrogens is 246 g/mol. The molecule has 19 heavy (non-hydrogen) atoms. The Morgan fingerprint density at radius 2 is 1.95 bits per heavy atom. The lowest BCUT2D eigenvalue weighted by atomic mass is 9.97. The molecule has 0 fully saturated rings. The van der Waals surface area contributed by atoms with Gasteiger partial charge in [0.2, 0.25) is 0 Å². The highest BCUT2D eigenvalue weighted by Crippen LogP contribution is 2.34. The molecule has 0 aliphatic carbocycles. The molecule has 0 aliphatic rings. The van der Waals surface area contributed by atoms with Gasteiger partial charge in [-0.1, -0.05) is 0 Å². The largest absolute Gasteiger partial charge is 0.497 e. The van der Waals surface area contributed by atoms with E-state index in [0.717, 1.165) is 16.9 Å². The van der Waals surface area contributed by atoms with Gasteiger partial charge < -0.3 is 19.5 Å². The minimum absolute atomic E-state index is 0.159. The van der Waals surface area contributed by atoms with Gasteiger partial charge in [0.05, 0.1) is 27.8 Å². The lowest BCUT2D eigenvalue weighted by Crippen LogP contribution is -2.22. The second-order valence-corrected chi connectivity index (χ2v) is 4.18. The van der Waals surface area contributed by atoms with Crippen molar-refractivity contribution in [3.63, 3.8) is 0 Å². The fourth-order valence-electron chi connectivity index (χ4n) is 2.07. The van der Waals surface area contributed by atoms with Crippen LogP contribution in [0.1, 0.15) is 23.6 Å². The van der Waals surface area contributed by atoms with Gasteiger partial charge in [0.25, 0.3) is 0 Å². The summed E-state index contributed by atoms with van der Waals surface area (Å²) in [5, 5.41) is 3.11. The van der Waals surface area contributed by atoms with Gasteiger partial charge in [0.15, 0.2) is 0 Å². The molecule has 5 nitrogen and oxygen atoms in total. The van der Waals surface area contributed by atoms with Gasteiger partial charge in [0.1, 0.15) is 11.5 Å². The van der Waals surface area contributed by atoms with Crippen LogP contribution >= 0.6 is 0 Å². The molecule has 1 aromatic rings. The van der Waals surface area contributed by atoms with Crippen LogP contribution < -0.4 is 14.8 Å². The van der Waals surface area contributed by atoms with Gasteiger partial charge in [-0.15, -0.1) is 0 Å². The first-order chi connectivity index (χ1) is 9.07. The summed E-state index contributed by atoms with van der Waals surface area (Å²) in [6.45, 7) is 1.96. The number of nitrogens with one attached hydrogen (secondary N) is 1. The van der Waals surface area contributed by atoms with E-state index in [1.807, 2.05) is 19.1 Å². The highest BCUT2D eigenvalue weighted by Gasteiger charge is 2.21. The molecule has 5 heteroatoms. The van der Waals surface area contributed by atoms with E-state index < -0.39 is 0 Å². The van der Waals surface area contributed by atoms with E-state index in [1.54, 1.807) is 21.3 Å². The Morgan fingerprint density at radius 3 is 2.42 bits per heavy atom.